The third-order valence-electron chi connectivity index (χ3n) is 2.98. The number of unbranched alkanes of at least 4 members (excludes halogenated alkanes) is 1. The van der Waals surface area contributed by atoms with Crippen molar-refractivity contribution in [3.63, 3.8) is 0 Å². The minimum Gasteiger partial charge on any atom is -0.494 e. The first-order chi connectivity index (χ1) is 8.79. The molecule has 0 fully saturated rings. The number of thioether (sulfide) groups is 1. The molecule has 98 valence electrons. The molecule has 0 saturated carbocycles. The summed E-state index contributed by atoms with van der Waals surface area (Å²) in [5, 5.41) is 2.87. The van der Waals surface area contributed by atoms with Crippen LogP contribution in [0.25, 0.3) is 0 Å². The third-order valence-corrected chi connectivity index (χ3v) is 3.68. The number of rotatable bonds is 6. The maximum atomic E-state index is 11.2. The minimum absolute atomic E-state index is 0.105. The first-order valence-corrected chi connectivity index (χ1v) is 7.73. The molecule has 3 nitrogen and oxygen atoms in total. The molecule has 1 aliphatic rings. The van der Waals surface area contributed by atoms with Crippen molar-refractivity contribution in [3.8, 4) is 5.75 Å². The van der Waals surface area contributed by atoms with Crippen LogP contribution >= 0.6 is 11.8 Å². The maximum Gasteiger partial charge on any atom is 0.224 e. The van der Waals surface area contributed by atoms with Gasteiger partial charge in [-0.25, -0.2) is 0 Å². The second kappa shape index (κ2) is 6.69. The van der Waals surface area contributed by atoms with Crippen molar-refractivity contribution in [2.24, 2.45) is 0 Å². The zero-order valence-electron chi connectivity index (χ0n) is 10.7. The van der Waals surface area contributed by atoms with Gasteiger partial charge < -0.3 is 10.1 Å². The molecule has 0 unspecified atom stereocenters. The molecular weight excluding hydrogens is 246 g/mol. The van der Waals surface area contributed by atoms with E-state index >= 15 is 0 Å². The predicted octanol–water partition coefficient (Wildman–Crippen LogP) is 3.09. The lowest BCUT2D eigenvalue weighted by atomic mass is 10.0. The number of ether oxygens (including phenoxy) is 1. The number of carbonyl (C=O) groups excluding carboxylic acids is 1. The highest BCUT2D eigenvalue weighted by Gasteiger charge is 2.14. The average molecular weight is 265 g/mol. The molecule has 4 heteroatoms. The summed E-state index contributed by atoms with van der Waals surface area (Å²) >= 11 is 1.87. The monoisotopic (exact) mass is 265 g/mol. The number of hydrogen-bond acceptors (Lipinski definition) is 3. The van der Waals surface area contributed by atoms with Crippen LogP contribution in [0.5, 0.6) is 5.75 Å². The van der Waals surface area contributed by atoms with Crippen molar-refractivity contribution in [1.82, 2.24) is 0 Å². The van der Waals surface area contributed by atoms with Crippen molar-refractivity contribution >= 4 is 23.4 Å². The Morgan fingerprint density at radius 3 is 3.06 bits per heavy atom. The molecule has 0 atom stereocenters. The smallest absolute Gasteiger partial charge is 0.224 e. The minimum atomic E-state index is 0.105. The van der Waals surface area contributed by atoms with Gasteiger partial charge in [-0.15, -0.1) is 0 Å². The Bertz CT molecular complexity index is 420. The molecule has 1 aromatic carbocycles. The van der Waals surface area contributed by atoms with Gasteiger partial charge in [-0.2, -0.15) is 11.8 Å². The van der Waals surface area contributed by atoms with Gasteiger partial charge in [0.15, 0.2) is 0 Å². The van der Waals surface area contributed by atoms with Gasteiger partial charge in [0.25, 0.3) is 0 Å². The summed E-state index contributed by atoms with van der Waals surface area (Å²) in [7, 11) is 0. The molecule has 1 amide bonds. The Balaban J connectivity index is 1.85. The fourth-order valence-electron chi connectivity index (χ4n) is 1.99. The van der Waals surface area contributed by atoms with Crippen LogP contribution in [-0.2, 0) is 11.2 Å². The van der Waals surface area contributed by atoms with Crippen LogP contribution in [0, 0.1) is 0 Å². The Morgan fingerprint density at radius 2 is 2.22 bits per heavy atom. The van der Waals surface area contributed by atoms with Crippen LogP contribution in [0.15, 0.2) is 18.2 Å². The van der Waals surface area contributed by atoms with Crippen LogP contribution in [0.1, 0.15) is 24.8 Å². The highest BCUT2D eigenvalue weighted by atomic mass is 32.2. The summed E-state index contributed by atoms with van der Waals surface area (Å²) < 4.78 is 5.72. The van der Waals surface area contributed by atoms with E-state index in [2.05, 4.69) is 11.6 Å². The SMILES string of the molecule is CSCCCCOc1ccc2c(c1)CCC(=O)N2. The van der Waals surface area contributed by atoms with E-state index in [1.165, 1.54) is 17.7 Å². The summed E-state index contributed by atoms with van der Waals surface area (Å²) in [5.41, 5.74) is 2.11. The highest BCUT2D eigenvalue weighted by molar-refractivity contribution is 7.98. The number of nitrogens with one attached hydrogen (secondary N) is 1. The summed E-state index contributed by atoms with van der Waals surface area (Å²) in [4.78, 5) is 11.2. The van der Waals surface area contributed by atoms with Crippen LogP contribution < -0.4 is 10.1 Å². The third kappa shape index (κ3) is 3.67. The van der Waals surface area contributed by atoms with Gasteiger partial charge in [0.1, 0.15) is 5.75 Å². The van der Waals surface area contributed by atoms with E-state index < -0.39 is 0 Å². The molecule has 0 saturated heterocycles. The fraction of sp³-hybridized carbons (Fsp3) is 0.500. The predicted molar refractivity (Wildman–Crippen MR) is 76.5 cm³/mol. The van der Waals surface area contributed by atoms with Gasteiger partial charge in [0, 0.05) is 12.1 Å². The molecule has 0 spiro atoms. The van der Waals surface area contributed by atoms with Crippen molar-refractivity contribution < 1.29 is 9.53 Å². The molecule has 0 bridgehead atoms. The highest BCUT2D eigenvalue weighted by Crippen LogP contribution is 2.26. The molecule has 18 heavy (non-hydrogen) atoms. The maximum absolute atomic E-state index is 11.2. The zero-order valence-corrected chi connectivity index (χ0v) is 11.5. The van der Waals surface area contributed by atoms with Gasteiger partial charge in [0.05, 0.1) is 6.61 Å². The van der Waals surface area contributed by atoms with Crippen LogP contribution in [0.2, 0.25) is 0 Å². The molecule has 0 radical (unpaired) electrons. The lowest BCUT2D eigenvalue weighted by Crippen LogP contribution is -2.18. The van der Waals surface area contributed by atoms with Gasteiger partial charge in [-0.05, 0) is 55.0 Å². The van der Waals surface area contributed by atoms with E-state index in [9.17, 15) is 4.79 Å². The number of anilines is 1. The molecule has 2 rings (SSSR count). The summed E-state index contributed by atoms with van der Waals surface area (Å²) in [6, 6.07) is 5.91. The van der Waals surface area contributed by atoms with E-state index in [4.69, 9.17) is 4.74 Å². The fourth-order valence-corrected chi connectivity index (χ4v) is 2.48. The van der Waals surface area contributed by atoms with E-state index in [1.807, 2.05) is 30.0 Å². The van der Waals surface area contributed by atoms with Crippen LogP contribution in [0.4, 0.5) is 5.69 Å². The molecule has 1 aliphatic heterocycles. The molecule has 1 N–H and O–H groups in total. The number of aryl methyl sites for hydroxylation is 1. The first kappa shape index (κ1) is 13.3. The number of carbonyl (C=O) groups is 1. The molecule has 0 aromatic heterocycles. The molecule has 1 heterocycles. The number of hydrogen-bond donors (Lipinski definition) is 1. The lowest BCUT2D eigenvalue weighted by molar-refractivity contribution is -0.116. The Hall–Kier alpha value is -1.16. The van der Waals surface area contributed by atoms with E-state index in [1.54, 1.807) is 0 Å². The van der Waals surface area contributed by atoms with Crippen molar-refractivity contribution in [3.05, 3.63) is 23.8 Å². The van der Waals surface area contributed by atoms with E-state index in [0.29, 0.717) is 6.42 Å². The second-order valence-electron chi connectivity index (χ2n) is 4.42. The normalized spacial score (nSPS) is 13.9. The van der Waals surface area contributed by atoms with E-state index in [-0.39, 0.29) is 5.91 Å². The van der Waals surface area contributed by atoms with Gasteiger partial charge in [0.2, 0.25) is 5.91 Å². The van der Waals surface area contributed by atoms with Crippen LogP contribution in [-0.4, -0.2) is 24.5 Å². The zero-order chi connectivity index (χ0) is 12.8. The van der Waals surface area contributed by atoms with Crippen molar-refractivity contribution in [2.75, 3.05) is 23.9 Å². The number of benzene rings is 1. The number of amides is 1. The largest absolute Gasteiger partial charge is 0.494 e. The lowest BCUT2D eigenvalue weighted by Gasteiger charge is -2.17. The Labute approximate surface area is 112 Å². The quantitative estimate of drug-likeness (QED) is 0.803. The van der Waals surface area contributed by atoms with Gasteiger partial charge in [-0.3, -0.25) is 4.79 Å². The first-order valence-electron chi connectivity index (χ1n) is 6.34. The molecular formula is C14H19NO2S. The molecule has 0 aliphatic carbocycles. The summed E-state index contributed by atoms with van der Waals surface area (Å²) in [6.45, 7) is 0.770. The topological polar surface area (TPSA) is 38.3 Å². The van der Waals surface area contributed by atoms with Gasteiger partial charge in [-0.1, -0.05) is 0 Å². The average Bonchev–Trinajstić information content (AvgIpc) is 2.38. The second-order valence-corrected chi connectivity index (χ2v) is 5.40. The summed E-state index contributed by atoms with van der Waals surface area (Å²) in [6.07, 6.45) is 5.80. The summed E-state index contributed by atoms with van der Waals surface area (Å²) in [5.74, 6) is 2.21. The van der Waals surface area contributed by atoms with Crippen molar-refractivity contribution in [2.45, 2.75) is 25.7 Å². The van der Waals surface area contributed by atoms with Crippen molar-refractivity contribution in [1.29, 1.82) is 0 Å². The van der Waals surface area contributed by atoms with Gasteiger partial charge >= 0.3 is 0 Å². The Kier molecular flexibility index (Phi) is 4.93. The number of fused-ring (bicyclic) bond motifs is 1. The van der Waals surface area contributed by atoms with E-state index in [0.717, 1.165) is 30.9 Å². The standard InChI is InChI=1S/C14H19NO2S/c1-18-9-3-2-8-17-12-5-6-13-11(10-12)4-7-14(16)15-13/h5-6,10H,2-4,7-9H2,1H3,(H,15,16). The Morgan fingerprint density at radius 1 is 1.33 bits per heavy atom. The van der Waals surface area contributed by atoms with Crippen LogP contribution in [0.3, 0.4) is 0 Å². The molecule has 1 aromatic rings.